The molecule has 0 heterocycles. The first-order valence-electron chi connectivity index (χ1n) is 4.46. The quantitative estimate of drug-likeness (QED) is 0.781. The van der Waals surface area contributed by atoms with Crippen LogP contribution in [0.3, 0.4) is 0 Å². The number of hydrogen-bond acceptors (Lipinski definition) is 2. The van der Waals surface area contributed by atoms with E-state index in [4.69, 9.17) is 11.6 Å². The molecular weight excluding hydrogens is 216 g/mol. The molecule has 3 heteroatoms. The van der Waals surface area contributed by atoms with Crippen LogP contribution in [0.1, 0.15) is 24.7 Å². The normalized spacial score (nSPS) is 12.5. The molecule has 1 aromatic rings. The lowest BCUT2D eigenvalue weighted by Crippen LogP contribution is -1.97. The molecule has 0 bridgehead atoms. The molecule has 0 aliphatic rings. The lowest BCUT2D eigenvalue weighted by molar-refractivity contribution is -0.114. The van der Waals surface area contributed by atoms with Gasteiger partial charge in [-0.2, -0.15) is 0 Å². The van der Waals surface area contributed by atoms with Crippen molar-refractivity contribution in [2.75, 3.05) is 5.75 Å². The van der Waals surface area contributed by atoms with Crippen molar-refractivity contribution in [1.29, 1.82) is 0 Å². The van der Waals surface area contributed by atoms with Crippen molar-refractivity contribution >= 4 is 29.1 Å². The standard InChI is InChI=1S/C11H13ClOS/c1-8(13)7-14-9(2)10-3-5-11(12)6-4-10/h3-6,9H,7H2,1-2H3. The number of carbonyl (C=O) groups is 1. The van der Waals surface area contributed by atoms with Crippen LogP contribution < -0.4 is 0 Å². The summed E-state index contributed by atoms with van der Waals surface area (Å²) in [7, 11) is 0. The summed E-state index contributed by atoms with van der Waals surface area (Å²) in [5.41, 5.74) is 1.21. The zero-order chi connectivity index (χ0) is 10.6. The van der Waals surface area contributed by atoms with Crippen LogP contribution in [-0.2, 0) is 4.79 Å². The third-order valence-electron chi connectivity index (χ3n) is 1.88. The van der Waals surface area contributed by atoms with Gasteiger partial charge in [-0.15, -0.1) is 11.8 Å². The van der Waals surface area contributed by atoms with E-state index in [0.29, 0.717) is 11.0 Å². The summed E-state index contributed by atoms with van der Waals surface area (Å²) in [5.74, 6) is 0.792. The second-order valence-electron chi connectivity index (χ2n) is 3.21. The molecule has 14 heavy (non-hydrogen) atoms. The van der Waals surface area contributed by atoms with Crippen LogP contribution in [0.15, 0.2) is 24.3 Å². The van der Waals surface area contributed by atoms with Gasteiger partial charge in [0.05, 0.1) is 5.75 Å². The van der Waals surface area contributed by atoms with Gasteiger partial charge >= 0.3 is 0 Å². The van der Waals surface area contributed by atoms with Gasteiger partial charge in [-0.3, -0.25) is 4.79 Å². The van der Waals surface area contributed by atoms with Crippen LogP contribution in [0, 0.1) is 0 Å². The van der Waals surface area contributed by atoms with Gasteiger partial charge in [-0.1, -0.05) is 23.7 Å². The van der Waals surface area contributed by atoms with E-state index < -0.39 is 0 Å². The highest BCUT2D eigenvalue weighted by atomic mass is 35.5. The Morgan fingerprint density at radius 3 is 2.50 bits per heavy atom. The molecule has 0 aliphatic carbocycles. The first-order chi connectivity index (χ1) is 6.59. The molecule has 76 valence electrons. The molecule has 0 aromatic heterocycles. The van der Waals surface area contributed by atoms with Crippen molar-refractivity contribution in [3.8, 4) is 0 Å². The number of hydrogen-bond donors (Lipinski definition) is 0. The van der Waals surface area contributed by atoms with Crippen molar-refractivity contribution in [2.24, 2.45) is 0 Å². The summed E-state index contributed by atoms with van der Waals surface area (Å²) in [6.07, 6.45) is 0. The number of rotatable bonds is 4. The minimum absolute atomic E-state index is 0.218. The van der Waals surface area contributed by atoms with Gasteiger partial charge in [0.15, 0.2) is 0 Å². The van der Waals surface area contributed by atoms with E-state index in [2.05, 4.69) is 6.92 Å². The molecule has 0 amide bonds. The highest BCUT2D eigenvalue weighted by Gasteiger charge is 2.06. The molecule has 0 saturated carbocycles. The molecule has 1 aromatic carbocycles. The van der Waals surface area contributed by atoms with Gasteiger partial charge in [-0.05, 0) is 31.5 Å². The minimum Gasteiger partial charge on any atom is -0.299 e. The molecule has 0 N–H and O–H groups in total. The van der Waals surface area contributed by atoms with E-state index >= 15 is 0 Å². The number of ketones is 1. The minimum atomic E-state index is 0.218. The topological polar surface area (TPSA) is 17.1 Å². The van der Waals surface area contributed by atoms with Crippen LogP contribution in [0.25, 0.3) is 0 Å². The fourth-order valence-corrected chi connectivity index (χ4v) is 2.03. The molecule has 1 rings (SSSR count). The lowest BCUT2D eigenvalue weighted by atomic mass is 10.2. The molecule has 1 nitrogen and oxygen atoms in total. The maximum Gasteiger partial charge on any atom is 0.139 e. The van der Waals surface area contributed by atoms with Crippen LogP contribution in [0.4, 0.5) is 0 Å². The molecule has 0 radical (unpaired) electrons. The first-order valence-corrected chi connectivity index (χ1v) is 5.89. The number of thioether (sulfide) groups is 1. The summed E-state index contributed by atoms with van der Waals surface area (Å²) < 4.78 is 0. The summed E-state index contributed by atoms with van der Waals surface area (Å²) in [4.78, 5) is 10.8. The molecule has 1 unspecified atom stereocenters. The Bertz CT molecular complexity index is 308. The van der Waals surface area contributed by atoms with Crippen molar-refractivity contribution < 1.29 is 4.79 Å². The number of Topliss-reactive ketones (excluding diaryl/α,β-unsaturated/α-hetero) is 1. The largest absolute Gasteiger partial charge is 0.299 e. The molecule has 0 spiro atoms. The lowest BCUT2D eigenvalue weighted by Gasteiger charge is -2.10. The Hall–Kier alpha value is -0.470. The fourth-order valence-electron chi connectivity index (χ4n) is 1.07. The molecule has 0 saturated heterocycles. The maximum absolute atomic E-state index is 10.8. The average Bonchev–Trinajstić information content (AvgIpc) is 2.15. The first kappa shape index (κ1) is 11.6. The van der Waals surface area contributed by atoms with Crippen LogP contribution in [0.2, 0.25) is 5.02 Å². The summed E-state index contributed by atoms with van der Waals surface area (Å²) in [6.45, 7) is 3.71. The van der Waals surface area contributed by atoms with Crippen molar-refractivity contribution in [3.05, 3.63) is 34.9 Å². The predicted octanol–water partition coefficient (Wildman–Crippen LogP) is 3.72. The van der Waals surface area contributed by atoms with Gasteiger partial charge in [0.1, 0.15) is 5.78 Å². The average molecular weight is 229 g/mol. The Morgan fingerprint density at radius 2 is 2.00 bits per heavy atom. The third-order valence-corrected chi connectivity index (χ3v) is 3.47. The number of benzene rings is 1. The Balaban J connectivity index is 2.56. The highest BCUT2D eigenvalue weighted by Crippen LogP contribution is 2.28. The van der Waals surface area contributed by atoms with Crippen molar-refractivity contribution in [3.63, 3.8) is 0 Å². The molecule has 0 fully saturated rings. The van der Waals surface area contributed by atoms with E-state index in [-0.39, 0.29) is 5.78 Å². The van der Waals surface area contributed by atoms with E-state index in [0.717, 1.165) is 5.02 Å². The number of halogens is 1. The van der Waals surface area contributed by atoms with Gasteiger partial charge < -0.3 is 0 Å². The van der Waals surface area contributed by atoms with Gasteiger partial charge in [0, 0.05) is 10.3 Å². The Kier molecular flexibility index (Phi) is 4.49. The summed E-state index contributed by atoms with van der Waals surface area (Å²) in [6, 6.07) is 7.75. The second kappa shape index (κ2) is 5.42. The smallest absolute Gasteiger partial charge is 0.139 e. The van der Waals surface area contributed by atoms with Crippen LogP contribution in [0.5, 0.6) is 0 Å². The van der Waals surface area contributed by atoms with E-state index in [9.17, 15) is 4.79 Å². The Labute approximate surface area is 93.8 Å². The monoisotopic (exact) mass is 228 g/mol. The van der Waals surface area contributed by atoms with Gasteiger partial charge in [0.2, 0.25) is 0 Å². The zero-order valence-corrected chi connectivity index (χ0v) is 9.86. The highest BCUT2D eigenvalue weighted by molar-refractivity contribution is 8.00. The zero-order valence-electron chi connectivity index (χ0n) is 8.29. The van der Waals surface area contributed by atoms with E-state index in [1.54, 1.807) is 18.7 Å². The molecule has 0 aliphatic heterocycles. The second-order valence-corrected chi connectivity index (χ2v) is 4.97. The predicted molar refractivity (Wildman–Crippen MR) is 63.0 cm³/mol. The van der Waals surface area contributed by atoms with Crippen molar-refractivity contribution in [1.82, 2.24) is 0 Å². The van der Waals surface area contributed by atoms with Crippen molar-refractivity contribution in [2.45, 2.75) is 19.1 Å². The fraction of sp³-hybridized carbons (Fsp3) is 0.364. The SMILES string of the molecule is CC(=O)CSC(C)c1ccc(Cl)cc1. The van der Waals surface area contributed by atoms with Gasteiger partial charge in [0.25, 0.3) is 0 Å². The van der Waals surface area contributed by atoms with Crippen LogP contribution in [-0.4, -0.2) is 11.5 Å². The summed E-state index contributed by atoms with van der Waals surface area (Å²) >= 11 is 7.43. The van der Waals surface area contributed by atoms with E-state index in [1.165, 1.54) is 5.56 Å². The van der Waals surface area contributed by atoms with Gasteiger partial charge in [-0.25, -0.2) is 0 Å². The van der Waals surface area contributed by atoms with E-state index in [1.807, 2.05) is 24.3 Å². The third kappa shape index (κ3) is 3.72. The molecular formula is C11H13ClOS. The van der Waals surface area contributed by atoms with Crippen LogP contribution >= 0.6 is 23.4 Å². The summed E-state index contributed by atoms with van der Waals surface area (Å²) in [5, 5.41) is 1.09. The number of carbonyl (C=O) groups excluding carboxylic acids is 1. The Morgan fingerprint density at radius 1 is 1.43 bits per heavy atom. The maximum atomic E-state index is 10.8. The molecule has 1 atom stereocenters.